The van der Waals surface area contributed by atoms with Crippen molar-refractivity contribution in [2.45, 2.75) is 26.7 Å². The summed E-state index contributed by atoms with van der Waals surface area (Å²) < 4.78 is 0. The number of unbranched alkanes of at least 4 members (excludes halogenated alkanes) is 1. The Bertz CT molecular complexity index is 756. The van der Waals surface area contributed by atoms with E-state index in [9.17, 15) is 4.79 Å². The maximum absolute atomic E-state index is 11.6. The Morgan fingerprint density at radius 1 is 1.11 bits per heavy atom. The van der Waals surface area contributed by atoms with Gasteiger partial charge in [0, 0.05) is 58.3 Å². The molecule has 1 aliphatic heterocycles. The third-order valence-corrected chi connectivity index (χ3v) is 5.02. The average Bonchev–Trinajstić information content (AvgIpc) is 2.72. The number of nitrogens with zero attached hydrogens (tertiary/aromatic N) is 5. The van der Waals surface area contributed by atoms with Gasteiger partial charge in [-0.25, -0.2) is 4.98 Å². The highest BCUT2D eigenvalue weighted by Crippen LogP contribution is 2.25. The highest BCUT2D eigenvalue weighted by Gasteiger charge is 2.22. The molecule has 1 aliphatic rings. The zero-order valence-electron chi connectivity index (χ0n) is 16.6. The van der Waals surface area contributed by atoms with Crippen LogP contribution in [0, 0.1) is 0 Å². The minimum Gasteiger partial charge on any atom is -0.359 e. The van der Waals surface area contributed by atoms with Crippen molar-refractivity contribution < 1.29 is 4.79 Å². The van der Waals surface area contributed by atoms with Crippen LogP contribution in [0.4, 0.5) is 11.8 Å². The molecule has 6 heteroatoms. The molecule has 0 aliphatic carbocycles. The molecule has 1 aromatic carbocycles. The van der Waals surface area contributed by atoms with E-state index >= 15 is 0 Å². The van der Waals surface area contributed by atoms with E-state index in [1.807, 2.05) is 23.1 Å². The van der Waals surface area contributed by atoms with Crippen LogP contribution < -0.4 is 9.80 Å². The van der Waals surface area contributed by atoms with E-state index in [1.54, 1.807) is 6.92 Å². The molecule has 144 valence electrons. The van der Waals surface area contributed by atoms with Gasteiger partial charge in [0.1, 0.15) is 5.82 Å². The predicted octanol–water partition coefficient (Wildman–Crippen LogP) is 3.05. The number of aromatic nitrogens is 2. The summed E-state index contributed by atoms with van der Waals surface area (Å²) >= 11 is 0. The van der Waals surface area contributed by atoms with Gasteiger partial charge in [0.25, 0.3) is 0 Å². The number of hydrogen-bond donors (Lipinski definition) is 0. The van der Waals surface area contributed by atoms with Gasteiger partial charge in [-0.05, 0) is 6.42 Å². The van der Waals surface area contributed by atoms with Gasteiger partial charge in [-0.3, -0.25) is 4.79 Å². The Balaban J connectivity index is 1.89. The van der Waals surface area contributed by atoms with Gasteiger partial charge >= 0.3 is 0 Å². The van der Waals surface area contributed by atoms with Crippen LogP contribution >= 0.6 is 0 Å². The van der Waals surface area contributed by atoms with E-state index in [0.29, 0.717) is 0 Å². The van der Waals surface area contributed by atoms with Crippen molar-refractivity contribution in [3.05, 3.63) is 36.4 Å². The molecule has 1 saturated heterocycles. The zero-order valence-corrected chi connectivity index (χ0v) is 16.6. The second kappa shape index (κ2) is 8.84. The largest absolute Gasteiger partial charge is 0.359 e. The maximum Gasteiger partial charge on any atom is 0.228 e. The predicted molar refractivity (Wildman–Crippen MR) is 110 cm³/mol. The lowest BCUT2D eigenvalue weighted by Crippen LogP contribution is -2.48. The molecule has 2 aromatic rings. The van der Waals surface area contributed by atoms with Crippen molar-refractivity contribution in [1.29, 1.82) is 0 Å². The minimum absolute atomic E-state index is 0.133. The number of carbonyl (C=O) groups is 1. The molecule has 0 saturated carbocycles. The van der Waals surface area contributed by atoms with Gasteiger partial charge in [-0.2, -0.15) is 4.98 Å². The molecular formula is C21H29N5O. The summed E-state index contributed by atoms with van der Waals surface area (Å²) in [6, 6.07) is 12.3. The van der Waals surface area contributed by atoms with E-state index in [4.69, 9.17) is 9.97 Å². The van der Waals surface area contributed by atoms with Gasteiger partial charge < -0.3 is 14.7 Å². The number of piperazine rings is 1. The molecule has 1 amide bonds. The van der Waals surface area contributed by atoms with E-state index in [-0.39, 0.29) is 5.91 Å². The lowest BCUT2D eigenvalue weighted by molar-refractivity contribution is -0.129. The summed E-state index contributed by atoms with van der Waals surface area (Å²) in [5.74, 6) is 1.83. The van der Waals surface area contributed by atoms with E-state index < -0.39 is 0 Å². The topological polar surface area (TPSA) is 52.6 Å². The fourth-order valence-electron chi connectivity index (χ4n) is 3.25. The van der Waals surface area contributed by atoms with Crippen molar-refractivity contribution in [3.63, 3.8) is 0 Å². The number of anilines is 2. The first-order valence-corrected chi connectivity index (χ1v) is 9.74. The number of carbonyl (C=O) groups excluding carboxylic acids is 1. The molecule has 3 rings (SSSR count). The number of amides is 1. The summed E-state index contributed by atoms with van der Waals surface area (Å²) in [5, 5.41) is 0. The van der Waals surface area contributed by atoms with Crippen molar-refractivity contribution >= 4 is 17.7 Å². The highest BCUT2D eigenvalue weighted by atomic mass is 16.2. The van der Waals surface area contributed by atoms with Crippen LogP contribution in [-0.4, -0.2) is 60.5 Å². The molecule has 1 aromatic heterocycles. The van der Waals surface area contributed by atoms with Crippen LogP contribution in [-0.2, 0) is 4.79 Å². The molecule has 0 unspecified atom stereocenters. The van der Waals surface area contributed by atoms with Crippen LogP contribution in [0.2, 0.25) is 0 Å². The quantitative estimate of drug-likeness (QED) is 0.785. The highest BCUT2D eigenvalue weighted by molar-refractivity contribution is 5.73. The molecule has 0 N–H and O–H groups in total. The van der Waals surface area contributed by atoms with Gasteiger partial charge in [-0.1, -0.05) is 43.7 Å². The van der Waals surface area contributed by atoms with Crippen molar-refractivity contribution in [2.75, 3.05) is 49.6 Å². The molecule has 0 atom stereocenters. The Hall–Kier alpha value is -2.63. The van der Waals surface area contributed by atoms with Gasteiger partial charge in [0.15, 0.2) is 0 Å². The maximum atomic E-state index is 11.6. The molecule has 1 fully saturated rings. The van der Waals surface area contributed by atoms with Gasteiger partial charge in [0.05, 0.1) is 5.69 Å². The standard InChI is InChI=1S/C21H29N5O/c1-4-5-11-24(3)20-16-19(18-9-7-6-8-10-18)22-21(23-20)26-14-12-25(13-15-26)17(2)27/h6-10,16H,4-5,11-15H2,1-3H3. The Morgan fingerprint density at radius 2 is 1.81 bits per heavy atom. The normalized spacial score (nSPS) is 14.3. The molecule has 0 bridgehead atoms. The monoisotopic (exact) mass is 367 g/mol. The summed E-state index contributed by atoms with van der Waals surface area (Å²) in [4.78, 5) is 27.5. The van der Waals surface area contributed by atoms with E-state index in [1.165, 1.54) is 0 Å². The van der Waals surface area contributed by atoms with E-state index in [2.05, 4.69) is 42.0 Å². The van der Waals surface area contributed by atoms with Gasteiger partial charge in [0.2, 0.25) is 11.9 Å². The van der Waals surface area contributed by atoms with Gasteiger partial charge in [-0.15, -0.1) is 0 Å². The average molecular weight is 367 g/mol. The smallest absolute Gasteiger partial charge is 0.228 e. The number of benzene rings is 1. The summed E-state index contributed by atoms with van der Waals surface area (Å²) in [6.45, 7) is 7.75. The first-order valence-electron chi connectivity index (χ1n) is 9.74. The first kappa shape index (κ1) is 19.1. The summed E-state index contributed by atoms with van der Waals surface area (Å²) in [5.41, 5.74) is 2.03. The number of hydrogen-bond acceptors (Lipinski definition) is 5. The third kappa shape index (κ3) is 4.76. The van der Waals surface area contributed by atoms with Crippen LogP contribution in [0.1, 0.15) is 26.7 Å². The molecular weight excluding hydrogens is 338 g/mol. The molecule has 0 spiro atoms. The second-order valence-electron chi connectivity index (χ2n) is 7.05. The molecule has 27 heavy (non-hydrogen) atoms. The van der Waals surface area contributed by atoms with Crippen LogP contribution in [0.5, 0.6) is 0 Å². The minimum atomic E-state index is 0.133. The van der Waals surface area contributed by atoms with Crippen LogP contribution in [0.25, 0.3) is 11.3 Å². The summed E-state index contributed by atoms with van der Waals surface area (Å²) in [6.07, 6.45) is 2.29. The lowest BCUT2D eigenvalue weighted by Gasteiger charge is -2.34. The Labute approximate surface area is 161 Å². The van der Waals surface area contributed by atoms with Crippen molar-refractivity contribution in [2.24, 2.45) is 0 Å². The number of rotatable bonds is 6. The van der Waals surface area contributed by atoms with Crippen LogP contribution in [0.3, 0.4) is 0 Å². The first-order chi connectivity index (χ1) is 13.1. The molecule has 0 radical (unpaired) electrons. The fourth-order valence-corrected chi connectivity index (χ4v) is 3.25. The molecule has 2 heterocycles. The second-order valence-corrected chi connectivity index (χ2v) is 7.05. The van der Waals surface area contributed by atoms with Crippen molar-refractivity contribution in [3.8, 4) is 11.3 Å². The third-order valence-electron chi connectivity index (χ3n) is 5.02. The zero-order chi connectivity index (χ0) is 19.2. The van der Waals surface area contributed by atoms with Crippen molar-refractivity contribution in [1.82, 2.24) is 14.9 Å². The SMILES string of the molecule is CCCCN(C)c1cc(-c2ccccc2)nc(N2CCN(C(C)=O)CC2)n1. The molecule has 6 nitrogen and oxygen atoms in total. The fraction of sp³-hybridized carbons (Fsp3) is 0.476. The summed E-state index contributed by atoms with van der Waals surface area (Å²) in [7, 11) is 2.09. The van der Waals surface area contributed by atoms with E-state index in [0.717, 1.165) is 68.6 Å². The Kier molecular flexibility index (Phi) is 6.27. The Morgan fingerprint density at radius 3 is 2.44 bits per heavy atom. The lowest BCUT2D eigenvalue weighted by atomic mass is 10.1. The van der Waals surface area contributed by atoms with Crippen LogP contribution in [0.15, 0.2) is 36.4 Å².